The smallest absolute Gasteiger partial charge is 0.343 e. The van der Waals surface area contributed by atoms with Crippen molar-refractivity contribution >= 4 is 29.1 Å². The molecule has 0 aromatic carbocycles. The zero-order valence-electron chi connectivity index (χ0n) is 17.8. The number of pyridine rings is 1. The van der Waals surface area contributed by atoms with Crippen LogP contribution in [0.15, 0.2) is 30.7 Å². The van der Waals surface area contributed by atoms with Crippen molar-refractivity contribution in [1.29, 1.82) is 0 Å². The van der Waals surface area contributed by atoms with Crippen molar-refractivity contribution in [2.75, 3.05) is 18.5 Å². The van der Waals surface area contributed by atoms with E-state index in [2.05, 4.69) is 10.1 Å². The van der Waals surface area contributed by atoms with Crippen molar-refractivity contribution in [3.63, 3.8) is 0 Å². The summed E-state index contributed by atoms with van der Waals surface area (Å²) in [7, 11) is 1.50. The zero-order valence-corrected chi connectivity index (χ0v) is 18.6. The number of hydrogen-bond acceptors (Lipinski definition) is 4. The van der Waals surface area contributed by atoms with Gasteiger partial charge in [-0.15, -0.1) is 0 Å². The van der Waals surface area contributed by atoms with Crippen LogP contribution in [0.3, 0.4) is 0 Å². The molecule has 0 spiro atoms. The Balaban J connectivity index is 1.67. The number of nitrogens with zero attached hydrogens (tertiary/aromatic N) is 5. The maximum absolute atomic E-state index is 13.2. The molecule has 0 aliphatic heterocycles. The van der Waals surface area contributed by atoms with Crippen LogP contribution in [0.4, 0.5) is 18.9 Å². The molecule has 11 heteroatoms. The molecule has 0 unspecified atom stereocenters. The van der Waals surface area contributed by atoms with Crippen molar-refractivity contribution in [2.45, 2.75) is 51.2 Å². The molecule has 2 atom stereocenters. The summed E-state index contributed by atoms with van der Waals surface area (Å²) >= 11 is 6.32. The lowest BCUT2D eigenvalue weighted by atomic mass is 10.1. The highest BCUT2D eigenvalue weighted by molar-refractivity contribution is 6.32. The molecular formula is C21H25ClF3N5O2. The number of aromatic nitrogens is 3. The number of alkyl halides is 3. The topological polar surface area (TPSA) is 71.3 Å². The van der Waals surface area contributed by atoms with Gasteiger partial charge in [0.15, 0.2) is 5.15 Å². The van der Waals surface area contributed by atoms with E-state index in [1.165, 1.54) is 11.9 Å². The average molecular weight is 472 g/mol. The van der Waals surface area contributed by atoms with Crippen molar-refractivity contribution in [1.82, 2.24) is 19.7 Å². The van der Waals surface area contributed by atoms with Crippen LogP contribution >= 0.6 is 11.6 Å². The second-order valence-corrected chi connectivity index (χ2v) is 8.19. The van der Waals surface area contributed by atoms with E-state index < -0.39 is 24.9 Å². The zero-order chi connectivity index (χ0) is 23.5. The van der Waals surface area contributed by atoms with Gasteiger partial charge in [0.2, 0.25) is 11.8 Å². The Morgan fingerprint density at radius 2 is 2.06 bits per heavy atom. The molecule has 2 amide bonds. The number of halogens is 4. The molecule has 32 heavy (non-hydrogen) atoms. The van der Waals surface area contributed by atoms with Crippen LogP contribution in [0.25, 0.3) is 5.69 Å². The monoisotopic (exact) mass is 471 g/mol. The van der Waals surface area contributed by atoms with Gasteiger partial charge in [-0.25, -0.2) is 4.68 Å². The molecule has 0 saturated heterocycles. The molecule has 7 nitrogen and oxygen atoms in total. The third-order valence-electron chi connectivity index (χ3n) is 5.75. The molecule has 2 aromatic heterocycles. The van der Waals surface area contributed by atoms with Crippen molar-refractivity contribution in [3.8, 4) is 5.69 Å². The van der Waals surface area contributed by atoms with Crippen molar-refractivity contribution in [2.24, 2.45) is 5.92 Å². The van der Waals surface area contributed by atoms with E-state index in [0.29, 0.717) is 37.2 Å². The molecular weight excluding hydrogens is 447 g/mol. The van der Waals surface area contributed by atoms with Crippen LogP contribution in [0.1, 0.15) is 39.0 Å². The highest BCUT2D eigenvalue weighted by Gasteiger charge is 2.37. The summed E-state index contributed by atoms with van der Waals surface area (Å²) < 4.78 is 38.8. The predicted octanol–water partition coefficient (Wildman–Crippen LogP) is 4.24. The van der Waals surface area contributed by atoms with Gasteiger partial charge in [-0.3, -0.25) is 14.6 Å². The molecule has 0 N–H and O–H groups in total. The molecule has 1 aliphatic rings. The minimum absolute atomic E-state index is 0.140. The minimum atomic E-state index is -4.37. The second-order valence-electron chi connectivity index (χ2n) is 7.83. The molecule has 0 bridgehead atoms. The predicted molar refractivity (Wildman–Crippen MR) is 114 cm³/mol. The van der Waals surface area contributed by atoms with Gasteiger partial charge in [0.1, 0.15) is 5.69 Å². The lowest BCUT2D eigenvalue weighted by Crippen LogP contribution is -2.38. The number of carbonyl (C=O) groups is 2. The first-order valence-electron chi connectivity index (χ1n) is 10.4. The molecule has 0 radical (unpaired) electrons. The SMILES string of the molecule is CCN(C(=O)[C@H]1CC[C@@H](N(C)C(=O)CCC(F)(F)F)C1)c1cn(-c2cccnc2)nc1Cl. The Morgan fingerprint density at radius 3 is 2.69 bits per heavy atom. The first kappa shape index (κ1) is 24.0. The fraction of sp³-hybridized carbons (Fsp3) is 0.524. The van der Waals surface area contributed by atoms with Crippen LogP contribution in [0.5, 0.6) is 0 Å². The fourth-order valence-electron chi connectivity index (χ4n) is 3.97. The Bertz CT molecular complexity index is 951. The molecule has 3 rings (SSSR count). The lowest BCUT2D eigenvalue weighted by Gasteiger charge is -2.26. The maximum Gasteiger partial charge on any atom is 0.389 e. The summed E-state index contributed by atoms with van der Waals surface area (Å²) in [6, 6.07) is 3.31. The summed E-state index contributed by atoms with van der Waals surface area (Å²) in [5, 5.41) is 4.45. The first-order chi connectivity index (χ1) is 15.1. The minimum Gasteiger partial charge on any atom is -0.343 e. The largest absolute Gasteiger partial charge is 0.389 e. The Hall–Kier alpha value is -2.62. The maximum atomic E-state index is 13.2. The van der Waals surface area contributed by atoms with E-state index in [-0.39, 0.29) is 23.0 Å². The highest BCUT2D eigenvalue weighted by atomic mass is 35.5. The van der Waals surface area contributed by atoms with Crippen molar-refractivity contribution < 1.29 is 22.8 Å². The van der Waals surface area contributed by atoms with E-state index >= 15 is 0 Å². The third-order valence-corrected chi connectivity index (χ3v) is 6.02. The van der Waals surface area contributed by atoms with Gasteiger partial charge in [-0.1, -0.05) is 11.6 Å². The molecule has 1 fully saturated rings. The summed E-state index contributed by atoms with van der Waals surface area (Å²) in [5.41, 5.74) is 1.17. The highest BCUT2D eigenvalue weighted by Crippen LogP contribution is 2.34. The van der Waals surface area contributed by atoms with E-state index in [9.17, 15) is 22.8 Å². The van der Waals surface area contributed by atoms with E-state index in [4.69, 9.17) is 11.6 Å². The van der Waals surface area contributed by atoms with E-state index in [1.54, 1.807) is 34.2 Å². The normalized spacial score (nSPS) is 18.6. The number of carbonyl (C=O) groups excluding carboxylic acids is 2. The van der Waals surface area contributed by atoms with Gasteiger partial charge in [0.05, 0.1) is 24.5 Å². The average Bonchev–Trinajstić information content (AvgIpc) is 3.40. The van der Waals surface area contributed by atoms with Crippen LogP contribution in [-0.4, -0.2) is 57.3 Å². The number of amides is 2. The summed E-state index contributed by atoms with van der Waals surface area (Å²) in [5.74, 6) is -1.05. The van der Waals surface area contributed by atoms with Gasteiger partial charge in [-0.2, -0.15) is 18.3 Å². The van der Waals surface area contributed by atoms with Crippen LogP contribution in [0, 0.1) is 5.92 Å². The Kier molecular flexibility index (Phi) is 7.43. The van der Waals surface area contributed by atoms with E-state index in [0.717, 1.165) is 0 Å². The number of hydrogen-bond donors (Lipinski definition) is 0. The van der Waals surface area contributed by atoms with E-state index in [1.807, 2.05) is 13.0 Å². The Morgan fingerprint density at radius 1 is 1.31 bits per heavy atom. The number of anilines is 1. The summed E-state index contributed by atoms with van der Waals surface area (Å²) in [6.07, 6.45) is 0.338. The summed E-state index contributed by atoms with van der Waals surface area (Å²) in [4.78, 5) is 32.3. The first-order valence-corrected chi connectivity index (χ1v) is 10.8. The van der Waals surface area contributed by atoms with Crippen LogP contribution in [0.2, 0.25) is 5.15 Å². The van der Waals surface area contributed by atoms with Gasteiger partial charge in [0, 0.05) is 38.2 Å². The standard InChI is InChI=1S/C21H25ClF3N5O2/c1-3-29(17-13-30(27-19(17)22)16-5-4-10-26-12-16)20(32)14-6-7-15(11-14)28(2)18(31)8-9-21(23,24)25/h4-5,10,12-15H,3,6-9,11H2,1-2H3/t14-,15+/m0/s1. The fourth-order valence-corrected chi connectivity index (χ4v) is 4.21. The molecule has 1 saturated carbocycles. The van der Waals surface area contributed by atoms with Gasteiger partial charge in [0.25, 0.3) is 0 Å². The van der Waals surface area contributed by atoms with Gasteiger partial charge >= 0.3 is 6.18 Å². The Labute approximate surface area is 189 Å². The third kappa shape index (κ3) is 5.59. The van der Waals surface area contributed by atoms with Crippen LogP contribution in [-0.2, 0) is 9.59 Å². The molecule has 2 heterocycles. The van der Waals surface area contributed by atoms with Gasteiger partial charge in [-0.05, 0) is 38.3 Å². The number of rotatable bonds is 7. The lowest BCUT2D eigenvalue weighted by molar-refractivity contribution is -0.149. The molecule has 1 aliphatic carbocycles. The quantitative estimate of drug-likeness (QED) is 0.605. The molecule has 174 valence electrons. The molecule has 2 aromatic rings. The summed E-state index contributed by atoms with van der Waals surface area (Å²) in [6.45, 7) is 2.20. The second kappa shape index (κ2) is 9.89. The van der Waals surface area contributed by atoms with Gasteiger partial charge < -0.3 is 9.80 Å². The van der Waals surface area contributed by atoms with Crippen molar-refractivity contribution in [3.05, 3.63) is 35.9 Å². The van der Waals surface area contributed by atoms with Crippen LogP contribution < -0.4 is 4.90 Å².